The third-order valence-corrected chi connectivity index (χ3v) is 1.78. The molecule has 2 N–H and O–H groups in total. The summed E-state index contributed by atoms with van der Waals surface area (Å²) in [6.07, 6.45) is 2.71. The van der Waals surface area contributed by atoms with Crippen LogP contribution in [0.5, 0.6) is 0 Å². The smallest absolute Gasteiger partial charge is 0.0940 e. The van der Waals surface area contributed by atoms with Gasteiger partial charge in [0.25, 0.3) is 0 Å². The molecule has 1 heterocycles. The second kappa shape index (κ2) is 2.94. The summed E-state index contributed by atoms with van der Waals surface area (Å²) in [7, 11) is 0. The van der Waals surface area contributed by atoms with Gasteiger partial charge in [-0.25, -0.2) is 4.98 Å². The molecule has 1 aromatic heterocycles. The van der Waals surface area contributed by atoms with Crippen molar-refractivity contribution < 1.29 is 0 Å². The molecule has 0 aliphatic carbocycles. The standard InChI is InChI=1S/C6H10N2S/c1-5(7)4-6-8-2-3-9-6/h2-3,5H,4,7H2,1H3/t5-/m0/s1. The average Bonchev–Trinajstić information content (AvgIpc) is 2.15. The Balaban J connectivity index is 2.48. The van der Waals surface area contributed by atoms with Crippen molar-refractivity contribution in [1.82, 2.24) is 4.98 Å². The van der Waals surface area contributed by atoms with Crippen molar-refractivity contribution in [3.05, 3.63) is 16.6 Å². The molecule has 0 spiro atoms. The Morgan fingerprint density at radius 3 is 3.11 bits per heavy atom. The average molecular weight is 142 g/mol. The third-order valence-electron chi connectivity index (χ3n) is 0.980. The molecule has 2 nitrogen and oxygen atoms in total. The molecule has 9 heavy (non-hydrogen) atoms. The van der Waals surface area contributed by atoms with Crippen LogP contribution < -0.4 is 5.73 Å². The van der Waals surface area contributed by atoms with E-state index in [1.807, 2.05) is 18.5 Å². The topological polar surface area (TPSA) is 38.9 Å². The normalized spacial score (nSPS) is 13.6. The molecule has 0 saturated carbocycles. The molecule has 50 valence electrons. The molecule has 3 heteroatoms. The van der Waals surface area contributed by atoms with Gasteiger partial charge in [0.15, 0.2) is 0 Å². The van der Waals surface area contributed by atoms with Crippen LogP contribution in [0.15, 0.2) is 11.6 Å². The van der Waals surface area contributed by atoms with Crippen molar-refractivity contribution >= 4 is 11.3 Å². The van der Waals surface area contributed by atoms with Gasteiger partial charge in [-0.1, -0.05) is 0 Å². The second-order valence-corrected chi connectivity index (χ2v) is 3.09. The summed E-state index contributed by atoms with van der Waals surface area (Å²) in [6, 6.07) is 0.233. The van der Waals surface area contributed by atoms with Gasteiger partial charge in [-0.15, -0.1) is 11.3 Å². The van der Waals surface area contributed by atoms with Gasteiger partial charge in [0.05, 0.1) is 5.01 Å². The molecule has 0 aliphatic rings. The predicted octanol–water partition coefficient (Wildman–Crippen LogP) is 1.03. The van der Waals surface area contributed by atoms with Gasteiger partial charge in [0, 0.05) is 24.0 Å². The minimum Gasteiger partial charge on any atom is -0.328 e. The number of nitrogens with two attached hydrogens (primary N) is 1. The summed E-state index contributed by atoms with van der Waals surface area (Å²) in [4.78, 5) is 4.09. The van der Waals surface area contributed by atoms with Gasteiger partial charge in [0.1, 0.15) is 0 Å². The van der Waals surface area contributed by atoms with E-state index in [4.69, 9.17) is 5.73 Å². The highest BCUT2D eigenvalue weighted by Crippen LogP contribution is 2.05. The van der Waals surface area contributed by atoms with Gasteiger partial charge in [-0.05, 0) is 6.92 Å². The Hall–Kier alpha value is -0.410. The van der Waals surface area contributed by atoms with Crippen LogP contribution in [-0.4, -0.2) is 11.0 Å². The van der Waals surface area contributed by atoms with E-state index in [2.05, 4.69) is 4.98 Å². The highest BCUT2D eigenvalue weighted by atomic mass is 32.1. The lowest BCUT2D eigenvalue weighted by atomic mass is 10.3. The van der Waals surface area contributed by atoms with E-state index in [1.165, 1.54) is 0 Å². The summed E-state index contributed by atoms with van der Waals surface area (Å²) >= 11 is 1.66. The Kier molecular flexibility index (Phi) is 2.19. The van der Waals surface area contributed by atoms with Gasteiger partial charge in [-0.2, -0.15) is 0 Å². The molecule has 0 bridgehead atoms. The van der Waals surface area contributed by atoms with Crippen LogP contribution in [0.2, 0.25) is 0 Å². The maximum Gasteiger partial charge on any atom is 0.0940 e. The fraction of sp³-hybridized carbons (Fsp3) is 0.500. The first kappa shape index (κ1) is 6.71. The first-order valence-corrected chi connectivity index (χ1v) is 3.81. The largest absolute Gasteiger partial charge is 0.328 e. The number of rotatable bonds is 2. The van der Waals surface area contributed by atoms with Crippen molar-refractivity contribution in [3.63, 3.8) is 0 Å². The number of hydrogen-bond acceptors (Lipinski definition) is 3. The van der Waals surface area contributed by atoms with E-state index >= 15 is 0 Å². The highest BCUT2D eigenvalue weighted by Gasteiger charge is 1.97. The Morgan fingerprint density at radius 2 is 2.67 bits per heavy atom. The zero-order valence-corrected chi connectivity index (χ0v) is 6.19. The lowest BCUT2D eigenvalue weighted by Gasteiger charge is -1.98. The SMILES string of the molecule is C[C@H](N)Cc1nccs1. The van der Waals surface area contributed by atoms with Gasteiger partial charge in [0.2, 0.25) is 0 Å². The van der Waals surface area contributed by atoms with E-state index in [0.29, 0.717) is 0 Å². The zero-order chi connectivity index (χ0) is 6.69. The Bertz CT molecular complexity index is 158. The maximum atomic E-state index is 5.55. The number of hydrogen-bond donors (Lipinski definition) is 1. The molecule has 1 aromatic rings. The summed E-state index contributed by atoms with van der Waals surface area (Å²) in [6.45, 7) is 1.99. The number of nitrogens with zero attached hydrogens (tertiary/aromatic N) is 1. The Labute approximate surface area is 58.7 Å². The van der Waals surface area contributed by atoms with Crippen LogP contribution in [0, 0.1) is 0 Å². The maximum absolute atomic E-state index is 5.55. The van der Waals surface area contributed by atoms with E-state index in [0.717, 1.165) is 11.4 Å². The molecule has 1 atom stereocenters. The fourth-order valence-corrected chi connectivity index (χ4v) is 1.39. The van der Waals surface area contributed by atoms with Gasteiger partial charge >= 0.3 is 0 Å². The van der Waals surface area contributed by atoms with E-state index in [1.54, 1.807) is 11.3 Å². The van der Waals surface area contributed by atoms with E-state index < -0.39 is 0 Å². The highest BCUT2D eigenvalue weighted by molar-refractivity contribution is 7.09. The fourth-order valence-electron chi connectivity index (χ4n) is 0.629. The lowest BCUT2D eigenvalue weighted by molar-refractivity contribution is 0.734. The van der Waals surface area contributed by atoms with E-state index in [-0.39, 0.29) is 6.04 Å². The minimum absolute atomic E-state index is 0.233. The summed E-state index contributed by atoms with van der Waals surface area (Å²) in [5, 5.41) is 3.10. The molecule has 0 unspecified atom stereocenters. The van der Waals surface area contributed by atoms with Crippen LogP contribution >= 0.6 is 11.3 Å². The first-order valence-electron chi connectivity index (χ1n) is 2.93. The van der Waals surface area contributed by atoms with Crippen LogP contribution in [0.3, 0.4) is 0 Å². The molecule has 0 aromatic carbocycles. The minimum atomic E-state index is 0.233. The second-order valence-electron chi connectivity index (χ2n) is 2.11. The number of thiazole rings is 1. The monoisotopic (exact) mass is 142 g/mol. The number of aromatic nitrogens is 1. The molecular formula is C6H10N2S. The van der Waals surface area contributed by atoms with Crippen molar-refractivity contribution in [2.45, 2.75) is 19.4 Å². The molecule has 0 saturated heterocycles. The predicted molar refractivity (Wildman–Crippen MR) is 39.5 cm³/mol. The molecule has 0 fully saturated rings. The molecule has 0 aliphatic heterocycles. The molecule has 0 amide bonds. The van der Waals surface area contributed by atoms with Crippen LogP contribution in [-0.2, 0) is 6.42 Å². The zero-order valence-electron chi connectivity index (χ0n) is 5.37. The molecule has 1 rings (SSSR count). The van der Waals surface area contributed by atoms with Crippen LogP contribution in [0.1, 0.15) is 11.9 Å². The molecular weight excluding hydrogens is 132 g/mol. The summed E-state index contributed by atoms with van der Waals surface area (Å²) in [5.41, 5.74) is 5.55. The van der Waals surface area contributed by atoms with Gasteiger partial charge < -0.3 is 5.73 Å². The van der Waals surface area contributed by atoms with Crippen molar-refractivity contribution in [2.24, 2.45) is 5.73 Å². The molecule has 0 radical (unpaired) electrons. The quantitative estimate of drug-likeness (QED) is 0.670. The Morgan fingerprint density at radius 1 is 1.89 bits per heavy atom. The first-order chi connectivity index (χ1) is 4.29. The summed E-state index contributed by atoms with van der Waals surface area (Å²) in [5.74, 6) is 0. The van der Waals surface area contributed by atoms with Crippen molar-refractivity contribution in [3.8, 4) is 0 Å². The van der Waals surface area contributed by atoms with Crippen molar-refractivity contribution in [1.29, 1.82) is 0 Å². The van der Waals surface area contributed by atoms with Crippen LogP contribution in [0.4, 0.5) is 0 Å². The van der Waals surface area contributed by atoms with Crippen LogP contribution in [0.25, 0.3) is 0 Å². The van der Waals surface area contributed by atoms with Crippen molar-refractivity contribution in [2.75, 3.05) is 0 Å². The lowest BCUT2D eigenvalue weighted by Crippen LogP contribution is -2.17. The third kappa shape index (κ3) is 2.11. The summed E-state index contributed by atoms with van der Waals surface area (Å²) < 4.78 is 0. The van der Waals surface area contributed by atoms with Gasteiger partial charge in [-0.3, -0.25) is 0 Å². The van der Waals surface area contributed by atoms with E-state index in [9.17, 15) is 0 Å².